The first-order valence-electron chi connectivity index (χ1n) is 10.2. The summed E-state index contributed by atoms with van der Waals surface area (Å²) in [6.07, 6.45) is 2.09. The molecule has 2 aromatic heterocycles. The van der Waals surface area contributed by atoms with Crippen molar-refractivity contribution in [1.29, 1.82) is 0 Å². The van der Waals surface area contributed by atoms with Gasteiger partial charge in [0.05, 0.1) is 22.7 Å². The molecule has 0 radical (unpaired) electrons. The van der Waals surface area contributed by atoms with Crippen LogP contribution in [0.15, 0.2) is 48.5 Å². The number of nitrogens with zero attached hydrogens (tertiary/aromatic N) is 5. The third kappa shape index (κ3) is 3.26. The standard InChI is InChI=1S/C23H25N7/c1-23(2,3)30-28-22(27-29-30)18-13-15-12-16(24)9-11-19(15)25-21(18)26-20-10-8-14-6-4-5-7-17(14)20/h4-7,9,11-13,20H,8,10,24H2,1-3H3,(H,25,26)/t20-/m1/s1. The molecule has 0 spiro atoms. The second-order valence-electron chi connectivity index (χ2n) is 8.84. The highest BCUT2D eigenvalue weighted by Gasteiger charge is 2.25. The number of hydrogen-bond acceptors (Lipinski definition) is 6. The zero-order valence-electron chi connectivity index (χ0n) is 17.4. The maximum absolute atomic E-state index is 6.01. The fraction of sp³-hybridized carbons (Fsp3) is 0.304. The Morgan fingerprint density at radius 1 is 1.10 bits per heavy atom. The van der Waals surface area contributed by atoms with Crippen LogP contribution in [0, 0.1) is 0 Å². The van der Waals surface area contributed by atoms with Crippen molar-refractivity contribution in [3.05, 3.63) is 59.7 Å². The first kappa shape index (κ1) is 18.5. The number of hydrogen-bond donors (Lipinski definition) is 2. The number of nitrogen functional groups attached to an aromatic ring is 1. The van der Waals surface area contributed by atoms with Crippen molar-refractivity contribution in [2.45, 2.75) is 45.2 Å². The maximum Gasteiger partial charge on any atom is 0.208 e. The van der Waals surface area contributed by atoms with Gasteiger partial charge in [-0.15, -0.1) is 10.2 Å². The largest absolute Gasteiger partial charge is 0.399 e. The SMILES string of the molecule is CC(C)(C)n1nnc(-c2cc3cc(N)ccc3nc2N[C@@H]2CCc3ccccc32)n1. The monoisotopic (exact) mass is 399 g/mol. The van der Waals surface area contributed by atoms with Crippen LogP contribution in [0.2, 0.25) is 0 Å². The lowest BCUT2D eigenvalue weighted by Gasteiger charge is -2.18. The molecule has 3 N–H and O–H groups in total. The van der Waals surface area contributed by atoms with Crippen LogP contribution in [-0.2, 0) is 12.0 Å². The van der Waals surface area contributed by atoms with Gasteiger partial charge in [0.1, 0.15) is 5.82 Å². The smallest absolute Gasteiger partial charge is 0.208 e. The number of anilines is 2. The summed E-state index contributed by atoms with van der Waals surface area (Å²) in [6.45, 7) is 6.14. The Bertz CT molecular complexity index is 1240. The molecule has 7 nitrogen and oxygen atoms in total. The summed E-state index contributed by atoms with van der Waals surface area (Å²) in [5, 5.41) is 17.9. The number of nitrogens with two attached hydrogens (primary N) is 1. The average Bonchev–Trinajstić information content (AvgIpc) is 3.35. The predicted octanol–water partition coefficient (Wildman–Crippen LogP) is 4.32. The van der Waals surface area contributed by atoms with Gasteiger partial charge in [0.2, 0.25) is 5.82 Å². The quantitative estimate of drug-likeness (QED) is 0.498. The van der Waals surface area contributed by atoms with Crippen molar-refractivity contribution < 1.29 is 0 Å². The first-order valence-corrected chi connectivity index (χ1v) is 10.2. The van der Waals surface area contributed by atoms with Gasteiger partial charge in [-0.3, -0.25) is 0 Å². The summed E-state index contributed by atoms with van der Waals surface area (Å²) in [4.78, 5) is 6.56. The van der Waals surface area contributed by atoms with E-state index in [9.17, 15) is 0 Å². The lowest BCUT2D eigenvalue weighted by Crippen LogP contribution is -2.24. The van der Waals surface area contributed by atoms with E-state index >= 15 is 0 Å². The van der Waals surface area contributed by atoms with Crippen molar-refractivity contribution in [1.82, 2.24) is 25.2 Å². The van der Waals surface area contributed by atoms with Crippen molar-refractivity contribution in [2.75, 3.05) is 11.1 Å². The maximum atomic E-state index is 6.01. The van der Waals surface area contributed by atoms with Crippen LogP contribution in [0.4, 0.5) is 11.5 Å². The highest BCUT2D eigenvalue weighted by molar-refractivity contribution is 5.89. The molecule has 2 aromatic carbocycles. The number of fused-ring (bicyclic) bond motifs is 2. The third-order valence-electron chi connectivity index (χ3n) is 5.54. The minimum Gasteiger partial charge on any atom is -0.399 e. The van der Waals surface area contributed by atoms with Crippen molar-refractivity contribution in [2.24, 2.45) is 0 Å². The molecule has 5 rings (SSSR count). The van der Waals surface area contributed by atoms with Crippen molar-refractivity contribution in [3.8, 4) is 11.4 Å². The van der Waals surface area contributed by atoms with Gasteiger partial charge in [0, 0.05) is 11.1 Å². The molecule has 1 aliphatic carbocycles. The van der Waals surface area contributed by atoms with E-state index in [-0.39, 0.29) is 11.6 Å². The number of aromatic nitrogens is 5. The van der Waals surface area contributed by atoms with E-state index in [0.717, 1.165) is 35.1 Å². The molecule has 0 saturated carbocycles. The zero-order chi connectivity index (χ0) is 20.9. The molecule has 0 unspecified atom stereocenters. The molecule has 30 heavy (non-hydrogen) atoms. The predicted molar refractivity (Wildman–Crippen MR) is 119 cm³/mol. The Morgan fingerprint density at radius 2 is 1.93 bits per heavy atom. The van der Waals surface area contributed by atoms with E-state index < -0.39 is 0 Å². The first-order chi connectivity index (χ1) is 14.4. The van der Waals surface area contributed by atoms with Crippen LogP contribution in [0.1, 0.15) is 44.4 Å². The Morgan fingerprint density at radius 3 is 2.73 bits per heavy atom. The molecule has 0 amide bonds. The topological polar surface area (TPSA) is 94.5 Å². The van der Waals surface area contributed by atoms with Crippen LogP contribution in [-0.4, -0.2) is 25.2 Å². The number of benzene rings is 2. The minimum absolute atomic E-state index is 0.205. The molecule has 0 bridgehead atoms. The van der Waals surface area contributed by atoms with E-state index in [4.69, 9.17) is 10.7 Å². The molecule has 2 heterocycles. The van der Waals surface area contributed by atoms with E-state index in [1.807, 2.05) is 45.0 Å². The van der Waals surface area contributed by atoms with Gasteiger partial charge in [-0.05, 0) is 74.2 Å². The number of nitrogens with one attached hydrogen (secondary N) is 1. The van der Waals surface area contributed by atoms with E-state index in [0.29, 0.717) is 11.5 Å². The van der Waals surface area contributed by atoms with Crippen molar-refractivity contribution in [3.63, 3.8) is 0 Å². The summed E-state index contributed by atoms with van der Waals surface area (Å²) < 4.78 is 0. The molecule has 7 heteroatoms. The molecule has 0 aliphatic heterocycles. The number of tetrazole rings is 1. The van der Waals surface area contributed by atoms with Gasteiger partial charge < -0.3 is 11.1 Å². The van der Waals surface area contributed by atoms with Crippen LogP contribution in [0.5, 0.6) is 0 Å². The summed E-state index contributed by atoms with van der Waals surface area (Å²) in [5.41, 5.74) is 10.9. The van der Waals surface area contributed by atoms with Gasteiger partial charge >= 0.3 is 0 Å². The lowest BCUT2D eigenvalue weighted by atomic mass is 10.1. The van der Waals surface area contributed by atoms with Crippen LogP contribution >= 0.6 is 0 Å². The third-order valence-corrected chi connectivity index (χ3v) is 5.54. The number of rotatable bonds is 3. The number of pyridine rings is 1. The van der Waals surface area contributed by atoms with E-state index in [1.54, 1.807) is 4.80 Å². The van der Waals surface area contributed by atoms with Crippen LogP contribution in [0.3, 0.4) is 0 Å². The Balaban J connectivity index is 1.62. The molecule has 1 aliphatic rings. The van der Waals surface area contributed by atoms with Gasteiger partial charge in [-0.2, -0.15) is 4.80 Å². The number of aryl methyl sites for hydroxylation is 1. The van der Waals surface area contributed by atoms with Gasteiger partial charge in [-0.25, -0.2) is 4.98 Å². The molecule has 0 saturated heterocycles. The summed E-state index contributed by atoms with van der Waals surface area (Å²) >= 11 is 0. The second kappa shape index (κ2) is 6.79. The van der Waals surface area contributed by atoms with E-state index in [2.05, 4.69) is 45.0 Å². The molecular weight excluding hydrogens is 374 g/mol. The molecule has 4 aromatic rings. The fourth-order valence-corrected chi connectivity index (χ4v) is 3.95. The Hall–Kier alpha value is -3.48. The molecule has 152 valence electrons. The normalized spacial score (nSPS) is 16.0. The Kier molecular flexibility index (Phi) is 4.20. The van der Waals surface area contributed by atoms with Crippen LogP contribution < -0.4 is 11.1 Å². The molecular formula is C23H25N7. The molecule has 1 atom stereocenters. The second-order valence-corrected chi connectivity index (χ2v) is 8.84. The zero-order valence-corrected chi connectivity index (χ0v) is 17.4. The fourth-order valence-electron chi connectivity index (χ4n) is 3.95. The molecule has 0 fully saturated rings. The minimum atomic E-state index is -0.252. The van der Waals surface area contributed by atoms with Gasteiger partial charge in [0.25, 0.3) is 0 Å². The summed E-state index contributed by atoms with van der Waals surface area (Å²) in [7, 11) is 0. The van der Waals surface area contributed by atoms with E-state index in [1.165, 1.54) is 11.1 Å². The van der Waals surface area contributed by atoms with Gasteiger partial charge in [0.15, 0.2) is 0 Å². The Labute approximate surface area is 175 Å². The average molecular weight is 400 g/mol. The highest BCUT2D eigenvalue weighted by Crippen LogP contribution is 2.36. The lowest BCUT2D eigenvalue weighted by molar-refractivity contribution is 0.306. The van der Waals surface area contributed by atoms with Crippen molar-refractivity contribution >= 4 is 22.4 Å². The summed E-state index contributed by atoms with van der Waals surface area (Å²) in [6, 6.07) is 16.6. The van der Waals surface area contributed by atoms with Crippen LogP contribution in [0.25, 0.3) is 22.3 Å². The van der Waals surface area contributed by atoms with Gasteiger partial charge in [-0.1, -0.05) is 24.3 Å². The summed E-state index contributed by atoms with van der Waals surface area (Å²) in [5.74, 6) is 1.32. The highest BCUT2D eigenvalue weighted by atomic mass is 15.6.